The molecule has 0 saturated heterocycles. The predicted molar refractivity (Wildman–Crippen MR) is 266 cm³/mol. The molecular formula is C54H103Na3O10SZn+2. The molecule has 10 nitrogen and oxygen atoms in total. The van der Waals surface area contributed by atoms with E-state index in [4.69, 9.17) is 4.74 Å². The molecule has 0 heterocycles. The van der Waals surface area contributed by atoms with E-state index < -0.39 is 28.3 Å². The quantitative estimate of drug-likeness (QED) is 0.0195. The van der Waals surface area contributed by atoms with Gasteiger partial charge in [0.15, 0.2) is 0 Å². The van der Waals surface area contributed by atoms with Gasteiger partial charge in [-0.05, 0) is 31.8 Å². The molecule has 0 unspecified atom stereocenters. The zero-order valence-corrected chi connectivity index (χ0v) is 56.2. The minimum Gasteiger partial charge on any atom is -0.726 e. The molecule has 15 heteroatoms. The van der Waals surface area contributed by atoms with Crippen LogP contribution in [0.15, 0.2) is 12.2 Å². The minimum atomic E-state index is -4.49. The van der Waals surface area contributed by atoms with Crippen LogP contribution in [0.4, 0.5) is 0 Å². The van der Waals surface area contributed by atoms with Crippen LogP contribution in [0.2, 0.25) is 0 Å². The van der Waals surface area contributed by atoms with Crippen molar-refractivity contribution in [2.24, 2.45) is 0 Å². The second kappa shape index (κ2) is 73.9. The third kappa shape index (κ3) is 92.7. The number of hydrogen-bond donors (Lipinski definition) is 0. The molecule has 69 heavy (non-hydrogen) atoms. The molecule has 0 aromatic heterocycles. The number of unbranched alkanes of at least 4 members (excludes halogenated alkanes) is 40. The van der Waals surface area contributed by atoms with E-state index in [2.05, 4.69) is 25.0 Å². The third-order valence-electron chi connectivity index (χ3n) is 11.8. The number of hydrogen-bond acceptors (Lipinski definition) is 10. The third-order valence-corrected chi connectivity index (χ3v) is 12.3. The number of esters is 1. The second-order valence-corrected chi connectivity index (χ2v) is 19.4. The van der Waals surface area contributed by atoms with Crippen LogP contribution in [0.1, 0.15) is 303 Å². The van der Waals surface area contributed by atoms with Crippen molar-refractivity contribution in [1.29, 1.82) is 0 Å². The van der Waals surface area contributed by atoms with Crippen LogP contribution >= 0.6 is 0 Å². The summed E-state index contributed by atoms with van der Waals surface area (Å²) in [5, 5.41) is 20.4. The van der Waals surface area contributed by atoms with Gasteiger partial charge in [0.25, 0.3) is 0 Å². The van der Waals surface area contributed by atoms with Gasteiger partial charge in [-0.1, -0.05) is 278 Å². The van der Waals surface area contributed by atoms with Crippen LogP contribution in [0.3, 0.4) is 0 Å². The van der Waals surface area contributed by atoms with Gasteiger partial charge >= 0.3 is 114 Å². The Morgan fingerprint density at radius 3 is 0.841 bits per heavy atom. The zero-order valence-electron chi connectivity index (χ0n) is 46.4. The molecule has 0 aliphatic carbocycles. The Kier molecular flexibility index (Phi) is 90.6. The van der Waals surface area contributed by atoms with Crippen molar-refractivity contribution >= 4 is 28.3 Å². The van der Waals surface area contributed by atoms with Crippen LogP contribution in [0.25, 0.3) is 0 Å². The molecular weight excluding hydrogens is 975 g/mol. The zero-order chi connectivity index (χ0) is 48.6. The number of carboxylic acids is 2. The van der Waals surface area contributed by atoms with Gasteiger partial charge in [0.05, 0.1) is 19.2 Å². The first-order chi connectivity index (χ1) is 31.5. The van der Waals surface area contributed by atoms with Gasteiger partial charge in [0.1, 0.15) is 0 Å². The smallest absolute Gasteiger partial charge is 0.726 e. The van der Waals surface area contributed by atoms with E-state index in [-0.39, 0.29) is 121 Å². The summed E-state index contributed by atoms with van der Waals surface area (Å²) in [6, 6.07) is 0. The van der Waals surface area contributed by atoms with E-state index in [9.17, 15) is 37.6 Å². The van der Waals surface area contributed by atoms with Gasteiger partial charge in [0.2, 0.25) is 10.4 Å². The Bertz CT molecular complexity index is 1140. The summed E-state index contributed by atoms with van der Waals surface area (Å²) >= 11 is 0. The van der Waals surface area contributed by atoms with Crippen LogP contribution in [-0.4, -0.2) is 44.1 Å². The van der Waals surface area contributed by atoms with Crippen molar-refractivity contribution in [3.8, 4) is 0 Å². The van der Waals surface area contributed by atoms with Crippen molar-refractivity contribution in [3.63, 3.8) is 0 Å². The molecule has 0 fully saturated rings. The molecule has 0 amide bonds. The van der Waals surface area contributed by atoms with Crippen molar-refractivity contribution in [1.82, 2.24) is 0 Å². The summed E-state index contributed by atoms with van der Waals surface area (Å²) in [6.45, 7) is 7.15. The van der Waals surface area contributed by atoms with E-state index >= 15 is 0 Å². The maximum absolute atomic E-state index is 11.1. The van der Waals surface area contributed by atoms with E-state index in [1.807, 2.05) is 0 Å². The van der Waals surface area contributed by atoms with Crippen LogP contribution in [0, 0.1) is 0 Å². The normalized spacial score (nSPS) is 10.6. The Morgan fingerprint density at radius 2 is 0.609 bits per heavy atom. The summed E-state index contributed by atoms with van der Waals surface area (Å²) in [5.41, 5.74) is 0. The average molecular weight is 1080 g/mol. The Hall–Kier alpha value is 1.64. The SMILES string of the molecule is CCCCCCCCCCCCCCCCCC(=O)[O-].CCCCCCCCCCCCCCCCCCOC(=O)/C=C/C(=O)[O-].CCCCCCCCCCCCCCOS(=O)(=O)[O-].[Na+].[Na+].[Na+].[Zn+2]. The summed E-state index contributed by atoms with van der Waals surface area (Å²) in [5.74, 6) is -2.90. The van der Waals surface area contributed by atoms with E-state index in [0.29, 0.717) is 19.1 Å². The van der Waals surface area contributed by atoms with Crippen LogP contribution in [0.5, 0.6) is 0 Å². The average Bonchev–Trinajstić information content (AvgIpc) is 3.27. The maximum atomic E-state index is 11.1. The number of ether oxygens (including phenoxy) is 1. The molecule has 0 atom stereocenters. The minimum absolute atomic E-state index is 0. The number of carbonyl (C=O) groups excluding carboxylic acids is 3. The number of carbonyl (C=O) groups is 3. The summed E-state index contributed by atoms with van der Waals surface area (Å²) in [6.07, 6.45) is 56.8. The number of rotatable bonds is 49. The van der Waals surface area contributed by atoms with Gasteiger partial charge in [-0.15, -0.1) is 0 Å². The molecule has 0 aromatic rings. The molecule has 0 aliphatic rings. The molecule has 0 saturated carbocycles. The fourth-order valence-corrected chi connectivity index (χ4v) is 8.07. The molecule has 0 spiro atoms. The molecule has 0 aliphatic heterocycles. The van der Waals surface area contributed by atoms with Gasteiger partial charge < -0.3 is 29.1 Å². The van der Waals surface area contributed by atoms with Crippen molar-refractivity contribution in [3.05, 3.63) is 12.2 Å². The Morgan fingerprint density at radius 1 is 0.377 bits per heavy atom. The van der Waals surface area contributed by atoms with Gasteiger partial charge in [-0.2, -0.15) is 0 Å². The Balaban J connectivity index is -0.000000165. The topological polar surface area (TPSA) is 173 Å². The monoisotopic (exact) mass is 1080 g/mol. The first-order valence-electron chi connectivity index (χ1n) is 27.4. The van der Waals surface area contributed by atoms with Crippen molar-refractivity contribution < 1.29 is 155 Å². The molecule has 0 aromatic carbocycles. The molecule has 0 rings (SSSR count). The summed E-state index contributed by atoms with van der Waals surface area (Å²) < 4.78 is 39.5. The molecule has 0 radical (unpaired) electrons. The van der Waals surface area contributed by atoms with Crippen LogP contribution in [-0.2, 0) is 53.2 Å². The maximum Gasteiger partial charge on any atom is 2.00 e. The van der Waals surface area contributed by atoms with Gasteiger partial charge in [-0.25, -0.2) is 13.2 Å². The first kappa shape index (κ1) is 84.6. The van der Waals surface area contributed by atoms with Crippen molar-refractivity contribution in [2.75, 3.05) is 13.2 Å². The standard InChI is InChI=1S/C22H40O4.C18H36O2.C14H30O4S.3Na.Zn/c1-2-3-4-5-6-7-8-9-10-11-12-13-14-15-16-17-20-26-22(25)19-18-21(23)24;1-2-3-4-5-6-7-8-9-10-11-12-13-14-15-16-17-18(19)20;1-2-3-4-5-6-7-8-9-10-11-12-13-14-18-19(15,16)17;;;;/h18-19H,2-17,20H2,1H3,(H,23,24);2-17H2,1H3,(H,19,20);2-14H2,1H3,(H,15,16,17);;;;/q;;;3*+1;+2/p-3/b19-18+;;;;;;. The van der Waals surface area contributed by atoms with Gasteiger partial charge in [0, 0.05) is 12.0 Å². The fourth-order valence-electron chi connectivity index (χ4n) is 7.75. The number of carboxylic acid groups (broad SMARTS) is 2. The molecule has 0 bridgehead atoms. The van der Waals surface area contributed by atoms with E-state index in [1.54, 1.807) is 0 Å². The van der Waals surface area contributed by atoms with Crippen molar-refractivity contribution in [2.45, 2.75) is 303 Å². The largest absolute Gasteiger partial charge is 2.00 e. The predicted octanol–water partition coefficient (Wildman–Crippen LogP) is 5.27. The summed E-state index contributed by atoms with van der Waals surface area (Å²) in [7, 11) is -4.49. The van der Waals surface area contributed by atoms with Crippen LogP contribution < -0.4 is 98.9 Å². The van der Waals surface area contributed by atoms with E-state index in [0.717, 1.165) is 44.6 Å². The second-order valence-electron chi connectivity index (χ2n) is 18.3. The molecule has 0 N–H and O–H groups in total. The number of aliphatic carboxylic acids is 2. The first-order valence-corrected chi connectivity index (χ1v) is 28.7. The Labute approximate surface area is 506 Å². The molecule has 388 valence electrons. The van der Waals surface area contributed by atoms with Gasteiger partial charge in [-0.3, -0.25) is 4.18 Å². The fraction of sp³-hybridized carbons (Fsp3) is 0.907. The van der Waals surface area contributed by atoms with E-state index in [1.165, 1.54) is 231 Å². The summed E-state index contributed by atoms with van der Waals surface area (Å²) in [4.78, 5) is 31.5.